The SMILES string of the molecule is O=C(Nc1ccc(S(=O)(=O)Nc2cccc(Cl)c2)cc1)c1ccc(F)cc1. The predicted molar refractivity (Wildman–Crippen MR) is 103 cm³/mol. The maximum absolute atomic E-state index is 12.9. The van der Waals surface area contributed by atoms with Crippen molar-refractivity contribution in [3.05, 3.63) is 89.2 Å². The number of sulfonamides is 1. The molecule has 0 bridgehead atoms. The Morgan fingerprint density at radius 2 is 1.56 bits per heavy atom. The molecule has 0 aromatic heterocycles. The van der Waals surface area contributed by atoms with Gasteiger partial charge < -0.3 is 5.32 Å². The van der Waals surface area contributed by atoms with E-state index in [1.807, 2.05) is 0 Å². The average Bonchev–Trinajstić information content (AvgIpc) is 2.62. The summed E-state index contributed by atoms with van der Waals surface area (Å²) in [7, 11) is -3.80. The molecule has 3 aromatic rings. The van der Waals surface area contributed by atoms with Gasteiger partial charge in [-0.3, -0.25) is 9.52 Å². The van der Waals surface area contributed by atoms with E-state index in [1.54, 1.807) is 18.2 Å². The molecule has 0 radical (unpaired) electrons. The molecule has 3 rings (SSSR count). The van der Waals surface area contributed by atoms with Crippen molar-refractivity contribution in [3.63, 3.8) is 0 Å². The molecule has 0 fully saturated rings. The van der Waals surface area contributed by atoms with Gasteiger partial charge in [0.15, 0.2) is 0 Å². The van der Waals surface area contributed by atoms with Crippen LogP contribution in [0.4, 0.5) is 15.8 Å². The zero-order valence-electron chi connectivity index (χ0n) is 13.8. The fourth-order valence-electron chi connectivity index (χ4n) is 2.29. The van der Waals surface area contributed by atoms with Crippen LogP contribution in [0, 0.1) is 5.82 Å². The Kier molecular flexibility index (Phi) is 5.43. The van der Waals surface area contributed by atoms with Gasteiger partial charge in [0.1, 0.15) is 5.82 Å². The minimum Gasteiger partial charge on any atom is -0.322 e. The maximum atomic E-state index is 12.9. The second-order valence-electron chi connectivity index (χ2n) is 5.60. The first-order valence-electron chi connectivity index (χ1n) is 7.79. The van der Waals surface area contributed by atoms with Gasteiger partial charge in [-0.15, -0.1) is 0 Å². The Balaban J connectivity index is 1.72. The minimum atomic E-state index is -3.80. The standard InChI is InChI=1S/C19H14ClFN2O3S/c20-14-2-1-3-17(12-14)23-27(25,26)18-10-8-16(9-11-18)22-19(24)13-4-6-15(21)7-5-13/h1-12,23H,(H,22,24). The van der Waals surface area contributed by atoms with Crippen molar-refractivity contribution < 1.29 is 17.6 Å². The van der Waals surface area contributed by atoms with Crippen molar-refractivity contribution >= 4 is 38.9 Å². The van der Waals surface area contributed by atoms with Crippen molar-refractivity contribution in [1.82, 2.24) is 0 Å². The van der Waals surface area contributed by atoms with Gasteiger partial charge in [0.25, 0.3) is 15.9 Å². The number of amides is 1. The van der Waals surface area contributed by atoms with Crippen LogP contribution in [0.1, 0.15) is 10.4 Å². The first kappa shape index (κ1) is 18.9. The van der Waals surface area contributed by atoms with E-state index in [2.05, 4.69) is 10.0 Å². The molecule has 0 atom stereocenters. The summed E-state index contributed by atoms with van der Waals surface area (Å²) in [5, 5.41) is 3.03. The smallest absolute Gasteiger partial charge is 0.261 e. The number of carbonyl (C=O) groups excluding carboxylic acids is 1. The molecule has 0 unspecified atom stereocenters. The number of rotatable bonds is 5. The highest BCUT2D eigenvalue weighted by Crippen LogP contribution is 2.21. The Labute approximate surface area is 160 Å². The molecule has 0 aliphatic rings. The second kappa shape index (κ2) is 7.77. The van der Waals surface area contributed by atoms with Gasteiger partial charge in [-0.25, -0.2) is 12.8 Å². The largest absolute Gasteiger partial charge is 0.322 e. The number of benzene rings is 3. The van der Waals surface area contributed by atoms with Crippen LogP contribution in [-0.2, 0) is 10.0 Å². The molecule has 0 saturated heterocycles. The lowest BCUT2D eigenvalue weighted by Gasteiger charge is -2.10. The van der Waals surface area contributed by atoms with Gasteiger partial charge >= 0.3 is 0 Å². The fraction of sp³-hybridized carbons (Fsp3) is 0. The fourth-order valence-corrected chi connectivity index (χ4v) is 3.53. The van der Waals surface area contributed by atoms with E-state index in [9.17, 15) is 17.6 Å². The molecule has 5 nitrogen and oxygen atoms in total. The zero-order valence-corrected chi connectivity index (χ0v) is 15.4. The van der Waals surface area contributed by atoms with Crippen molar-refractivity contribution in [1.29, 1.82) is 0 Å². The van der Waals surface area contributed by atoms with Crippen LogP contribution in [0.3, 0.4) is 0 Å². The van der Waals surface area contributed by atoms with Crippen LogP contribution < -0.4 is 10.0 Å². The van der Waals surface area contributed by atoms with Crippen LogP contribution in [0.15, 0.2) is 77.7 Å². The number of hydrogen-bond donors (Lipinski definition) is 2. The molecular formula is C19H14ClFN2O3S. The first-order chi connectivity index (χ1) is 12.8. The molecule has 0 aliphatic carbocycles. The van der Waals surface area contributed by atoms with Gasteiger partial charge in [0.2, 0.25) is 0 Å². The highest BCUT2D eigenvalue weighted by Gasteiger charge is 2.15. The molecular weight excluding hydrogens is 391 g/mol. The highest BCUT2D eigenvalue weighted by atomic mass is 35.5. The Morgan fingerprint density at radius 1 is 0.889 bits per heavy atom. The van der Waals surface area contributed by atoms with Crippen molar-refractivity contribution in [2.75, 3.05) is 10.0 Å². The summed E-state index contributed by atoms with van der Waals surface area (Å²) in [5.74, 6) is -0.865. The van der Waals surface area contributed by atoms with Crippen LogP contribution in [-0.4, -0.2) is 14.3 Å². The first-order valence-corrected chi connectivity index (χ1v) is 9.65. The lowest BCUT2D eigenvalue weighted by atomic mass is 10.2. The number of anilines is 2. The van der Waals surface area contributed by atoms with Gasteiger partial charge in [0.05, 0.1) is 10.6 Å². The van der Waals surface area contributed by atoms with Crippen LogP contribution in [0.5, 0.6) is 0 Å². The summed E-state index contributed by atoms with van der Waals surface area (Å²) in [6, 6.07) is 17.1. The molecule has 27 heavy (non-hydrogen) atoms. The summed E-state index contributed by atoms with van der Waals surface area (Å²) in [6.45, 7) is 0. The summed E-state index contributed by atoms with van der Waals surface area (Å²) in [5.41, 5.74) is 1.04. The molecule has 2 N–H and O–H groups in total. The third-order valence-electron chi connectivity index (χ3n) is 3.61. The Hall–Kier alpha value is -2.90. The lowest BCUT2D eigenvalue weighted by molar-refractivity contribution is 0.102. The molecule has 0 spiro atoms. The van der Waals surface area contributed by atoms with E-state index in [0.717, 1.165) is 0 Å². The van der Waals surface area contributed by atoms with Gasteiger partial charge in [0, 0.05) is 16.3 Å². The average molecular weight is 405 g/mol. The summed E-state index contributed by atoms with van der Waals surface area (Å²) < 4.78 is 40.2. The number of carbonyl (C=O) groups is 1. The molecule has 1 amide bonds. The monoisotopic (exact) mass is 404 g/mol. The van der Waals surface area contributed by atoms with E-state index in [-0.39, 0.29) is 10.5 Å². The van der Waals surface area contributed by atoms with Gasteiger partial charge in [-0.2, -0.15) is 0 Å². The molecule has 0 aliphatic heterocycles. The van der Waals surface area contributed by atoms with E-state index >= 15 is 0 Å². The predicted octanol–water partition coefficient (Wildman–Crippen LogP) is 4.53. The summed E-state index contributed by atoms with van der Waals surface area (Å²) in [6.07, 6.45) is 0. The van der Waals surface area contributed by atoms with Crippen LogP contribution in [0.2, 0.25) is 5.02 Å². The third kappa shape index (κ3) is 4.84. The van der Waals surface area contributed by atoms with Gasteiger partial charge in [-0.05, 0) is 66.7 Å². The van der Waals surface area contributed by atoms with E-state index in [0.29, 0.717) is 16.4 Å². The third-order valence-corrected chi connectivity index (χ3v) is 5.24. The summed E-state index contributed by atoms with van der Waals surface area (Å²) >= 11 is 5.85. The quantitative estimate of drug-likeness (QED) is 0.655. The minimum absolute atomic E-state index is 0.0299. The number of halogens is 2. The number of nitrogens with one attached hydrogen (secondary N) is 2. The molecule has 0 saturated carbocycles. The summed E-state index contributed by atoms with van der Waals surface area (Å²) in [4.78, 5) is 12.1. The Bertz CT molecular complexity index is 1070. The van der Waals surface area contributed by atoms with Crippen molar-refractivity contribution in [2.45, 2.75) is 4.90 Å². The molecule has 3 aromatic carbocycles. The van der Waals surface area contributed by atoms with E-state index < -0.39 is 21.7 Å². The van der Waals surface area contributed by atoms with E-state index in [1.165, 1.54) is 54.6 Å². The molecule has 0 heterocycles. The lowest BCUT2D eigenvalue weighted by Crippen LogP contribution is -2.14. The highest BCUT2D eigenvalue weighted by molar-refractivity contribution is 7.92. The molecule has 138 valence electrons. The van der Waals surface area contributed by atoms with Crippen LogP contribution >= 0.6 is 11.6 Å². The van der Waals surface area contributed by atoms with Crippen molar-refractivity contribution in [2.24, 2.45) is 0 Å². The normalized spacial score (nSPS) is 11.0. The van der Waals surface area contributed by atoms with Crippen molar-refractivity contribution in [3.8, 4) is 0 Å². The van der Waals surface area contributed by atoms with E-state index in [4.69, 9.17) is 11.6 Å². The zero-order chi connectivity index (χ0) is 19.4. The van der Waals surface area contributed by atoms with Crippen LogP contribution in [0.25, 0.3) is 0 Å². The maximum Gasteiger partial charge on any atom is 0.261 e. The number of hydrogen-bond acceptors (Lipinski definition) is 3. The topological polar surface area (TPSA) is 75.3 Å². The Morgan fingerprint density at radius 3 is 2.19 bits per heavy atom. The van der Waals surface area contributed by atoms with Gasteiger partial charge in [-0.1, -0.05) is 17.7 Å². The second-order valence-corrected chi connectivity index (χ2v) is 7.72. The molecule has 8 heteroatoms.